The van der Waals surface area contributed by atoms with Gasteiger partial charge in [0, 0.05) is 24.3 Å². The van der Waals surface area contributed by atoms with Crippen molar-refractivity contribution in [3.05, 3.63) is 59.7 Å². The Labute approximate surface area is 143 Å². The number of aryl methyl sites for hydroxylation is 1. The number of anilines is 1. The zero-order chi connectivity index (χ0) is 17.9. The smallest absolute Gasteiger partial charge is 0.255 e. The molecule has 6 heteroatoms. The minimum atomic E-state index is -3.52. The Morgan fingerprint density at radius 2 is 1.54 bits per heavy atom. The summed E-state index contributed by atoms with van der Waals surface area (Å²) >= 11 is 0. The van der Waals surface area contributed by atoms with Gasteiger partial charge in [0.1, 0.15) is 0 Å². The quantitative estimate of drug-likeness (QED) is 0.903. The van der Waals surface area contributed by atoms with E-state index < -0.39 is 10.0 Å². The molecule has 2 aromatic carbocycles. The lowest BCUT2D eigenvalue weighted by atomic mass is 10.1. The van der Waals surface area contributed by atoms with Gasteiger partial charge in [-0.05, 0) is 57.2 Å². The predicted octanol–water partition coefficient (Wildman–Crippen LogP) is 3.28. The van der Waals surface area contributed by atoms with E-state index in [-0.39, 0.29) is 16.8 Å². The SMILES string of the molecule is Cc1ccc(C(=O)Nc2ccc(S(=O)(=O)N(C)C(C)C)cc2)cc1. The van der Waals surface area contributed by atoms with Crippen molar-refractivity contribution in [1.82, 2.24) is 4.31 Å². The monoisotopic (exact) mass is 346 g/mol. The molecule has 0 unspecified atom stereocenters. The molecule has 0 fully saturated rings. The fraction of sp³-hybridized carbons (Fsp3) is 0.278. The van der Waals surface area contributed by atoms with Crippen LogP contribution in [0.3, 0.4) is 0 Å². The zero-order valence-corrected chi connectivity index (χ0v) is 15.1. The van der Waals surface area contributed by atoms with Gasteiger partial charge in [-0.1, -0.05) is 17.7 Å². The molecule has 0 bridgehead atoms. The van der Waals surface area contributed by atoms with Gasteiger partial charge in [0.25, 0.3) is 5.91 Å². The number of nitrogens with one attached hydrogen (secondary N) is 1. The summed E-state index contributed by atoms with van der Waals surface area (Å²) in [6, 6.07) is 13.3. The van der Waals surface area contributed by atoms with E-state index in [9.17, 15) is 13.2 Å². The van der Waals surface area contributed by atoms with Gasteiger partial charge in [-0.3, -0.25) is 4.79 Å². The van der Waals surface area contributed by atoms with E-state index >= 15 is 0 Å². The lowest BCUT2D eigenvalue weighted by Crippen LogP contribution is -2.33. The van der Waals surface area contributed by atoms with Crippen molar-refractivity contribution in [2.45, 2.75) is 31.7 Å². The van der Waals surface area contributed by atoms with E-state index in [4.69, 9.17) is 0 Å². The molecule has 0 saturated heterocycles. The standard InChI is InChI=1S/C18H22N2O3S/c1-13(2)20(4)24(22,23)17-11-9-16(10-12-17)19-18(21)15-7-5-14(3)6-8-15/h5-13H,1-4H3,(H,19,21). The first-order valence-electron chi connectivity index (χ1n) is 7.68. The molecule has 24 heavy (non-hydrogen) atoms. The predicted molar refractivity (Wildman–Crippen MR) is 95.7 cm³/mol. The van der Waals surface area contributed by atoms with Gasteiger partial charge in [-0.2, -0.15) is 4.31 Å². The number of benzene rings is 2. The lowest BCUT2D eigenvalue weighted by molar-refractivity contribution is 0.102. The van der Waals surface area contributed by atoms with Crippen molar-refractivity contribution in [2.75, 3.05) is 12.4 Å². The number of hydrogen-bond donors (Lipinski definition) is 1. The minimum absolute atomic E-state index is 0.129. The van der Waals surface area contributed by atoms with Gasteiger partial charge in [0.2, 0.25) is 10.0 Å². The number of sulfonamides is 1. The van der Waals surface area contributed by atoms with Crippen LogP contribution < -0.4 is 5.32 Å². The van der Waals surface area contributed by atoms with E-state index in [0.29, 0.717) is 11.3 Å². The number of carbonyl (C=O) groups is 1. The topological polar surface area (TPSA) is 66.5 Å². The molecule has 5 nitrogen and oxygen atoms in total. The third-order valence-corrected chi connectivity index (χ3v) is 5.88. The molecule has 2 aromatic rings. The Bertz CT molecular complexity index is 810. The molecular formula is C18H22N2O3S. The second-order valence-corrected chi connectivity index (χ2v) is 7.96. The Morgan fingerprint density at radius 1 is 1.00 bits per heavy atom. The van der Waals surface area contributed by atoms with Crippen LogP contribution in [-0.4, -0.2) is 31.7 Å². The van der Waals surface area contributed by atoms with Crippen molar-refractivity contribution in [2.24, 2.45) is 0 Å². The van der Waals surface area contributed by atoms with Crippen molar-refractivity contribution in [3.63, 3.8) is 0 Å². The molecule has 128 valence electrons. The van der Waals surface area contributed by atoms with Crippen LogP contribution in [-0.2, 0) is 10.0 Å². The maximum absolute atomic E-state index is 12.4. The number of carbonyl (C=O) groups excluding carboxylic acids is 1. The zero-order valence-electron chi connectivity index (χ0n) is 14.3. The van der Waals surface area contributed by atoms with Crippen LogP contribution in [0.1, 0.15) is 29.8 Å². The summed E-state index contributed by atoms with van der Waals surface area (Å²) in [7, 11) is -1.97. The molecule has 2 rings (SSSR count). The van der Waals surface area contributed by atoms with Crippen molar-refractivity contribution < 1.29 is 13.2 Å². The molecule has 0 aliphatic carbocycles. The van der Waals surface area contributed by atoms with Gasteiger partial charge in [0.15, 0.2) is 0 Å². The molecule has 0 heterocycles. The Balaban J connectivity index is 2.15. The first kappa shape index (κ1) is 18.2. The fourth-order valence-corrected chi connectivity index (χ4v) is 3.43. The van der Waals surface area contributed by atoms with Gasteiger partial charge in [-0.25, -0.2) is 8.42 Å². The third kappa shape index (κ3) is 4.01. The van der Waals surface area contributed by atoms with Crippen LogP contribution >= 0.6 is 0 Å². The number of hydrogen-bond acceptors (Lipinski definition) is 3. The summed E-state index contributed by atoms with van der Waals surface area (Å²) in [5, 5.41) is 2.76. The summed E-state index contributed by atoms with van der Waals surface area (Å²) in [6.07, 6.45) is 0. The second kappa shape index (κ2) is 7.15. The van der Waals surface area contributed by atoms with Gasteiger partial charge >= 0.3 is 0 Å². The summed E-state index contributed by atoms with van der Waals surface area (Å²) in [5.74, 6) is -0.232. The molecule has 0 radical (unpaired) electrons. The van der Waals surface area contributed by atoms with E-state index in [1.54, 1.807) is 31.3 Å². The first-order chi connectivity index (χ1) is 11.2. The highest BCUT2D eigenvalue weighted by Gasteiger charge is 2.22. The highest BCUT2D eigenvalue weighted by atomic mass is 32.2. The Morgan fingerprint density at radius 3 is 2.04 bits per heavy atom. The normalized spacial score (nSPS) is 11.8. The van der Waals surface area contributed by atoms with Crippen LogP contribution in [0.25, 0.3) is 0 Å². The van der Waals surface area contributed by atoms with Gasteiger partial charge < -0.3 is 5.32 Å². The van der Waals surface area contributed by atoms with E-state index in [1.165, 1.54) is 16.4 Å². The van der Waals surface area contributed by atoms with Crippen LogP contribution in [0.2, 0.25) is 0 Å². The van der Waals surface area contributed by atoms with E-state index in [0.717, 1.165) is 5.56 Å². The van der Waals surface area contributed by atoms with Crippen LogP contribution in [0.4, 0.5) is 5.69 Å². The number of amides is 1. The molecule has 0 atom stereocenters. The largest absolute Gasteiger partial charge is 0.322 e. The third-order valence-electron chi connectivity index (χ3n) is 3.83. The van der Waals surface area contributed by atoms with E-state index in [1.807, 2.05) is 32.9 Å². The molecule has 0 saturated carbocycles. The second-order valence-electron chi connectivity index (χ2n) is 5.96. The maximum atomic E-state index is 12.4. The van der Waals surface area contributed by atoms with Crippen molar-refractivity contribution in [3.8, 4) is 0 Å². The van der Waals surface area contributed by atoms with Gasteiger partial charge in [-0.15, -0.1) is 0 Å². The first-order valence-corrected chi connectivity index (χ1v) is 9.12. The average Bonchev–Trinajstić information content (AvgIpc) is 2.55. The fourth-order valence-electron chi connectivity index (χ4n) is 2.06. The Hall–Kier alpha value is -2.18. The van der Waals surface area contributed by atoms with E-state index in [2.05, 4.69) is 5.32 Å². The molecular weight excluding hydrogens is 324 g/mol. The van der Waals surface area contributed by atoms with Crippen LogP contribution in [0.15, 0.2) is 53.4 Å². The minimum Gasteiger partial charge on any atom is -0.322 e. The summed E-state index contributed by atoms with van der Waals surface area (Å²) in [6.45, 7) is 5.58. The molecule has 0 spiro atoms. The number of nitrogens with zero attached hydrogens (tertiary/aromatic N) is 1. The summed E-state index contributed by atoms with van der Waals surface area (Å²) in [5.41, 5.74) is 2.18. The highest BCUT2D eigenvalue weighted by molar-refractivity contribution is 7.89. The summed E-state index contributed by atoms with van der Waals surface area (Å²) < 4.78 is 26.1. The Kier molecular flexibility index (Phi) is 5.41. The van der Waals surface area contributed by atoms with Gasteiger partial charge in [0.05, 0.1) is 4.90 Å². The molecule has 1 amide bonds. The molecule has 0 aliphatic heterocycles. The van der Waals surface area contributed by atoms with Crippen molar-refractivity contribution in [1.29, 1.82) is 0 Å². The lowest BCUT2D eigenvalue weighted by Gasteiger charge is -2.21. The summed E-state index contributed by atoms with van der Waals surface area (Å²) in [4.78, 5) is 12.4. The van der Waals surface area contributed by atoms with Crippen molar-refractivity contribution >= 4 is 21.6 Å². The highest BCUT2D eigenvalue weighted by Crippen LogP contribution is 2.19. The number of rotatable bonds is 5. The van der Waals surface area contributed by atoms with Crippen LogP contribution in [0.5, 0.6) is 0 Å². The average molecular weight is 346 g/mol. The van der Waals surface area contributed by atoms with Crippen LogP contribution in [0, 0.1) is 6.92 Å². The maximum Gasteiger partial charge on any atom is 0.255 e. The molecule has 0 aromatic heterocycles. The molecule has 0 aliphatic rings. The molecule has 1 N–H and O–H groups in total.